The van der Waals surface area contributed by atoms with Crippen LogP contribution in [0.5, 0.6) is 0 Å². The molecule has 0 saturated heterocycles. The Kier molecular flexibility index (Phi) is 7.52. The summed E-state index contributed by atoms with van der Waals surface area (Å²) in [6, 6.07) is 66.6. The summed E-state index contributed by atoms with van der Waals surface area (Å²) in [5.41, 5.74) is 12.1. The largest absolute Gasteiger partial charge is 0.289 e. The normalized spacial score (nSPS) is 12.9. The second kappa shape index (κ2) is 12.6. The number of ketones is 1. The second-order valence-corrected chi connectivity index (χ2v) is 12.9. The lowest BCUT2D eigenvalue weighted by Crippen LogP contribution is -2.38. The predicted molar refractivity (Wildman–Crippen MR) is 206 cm³/mol. The fourth-order valence-electron chi connectivity index (χ4n) is 7.60. The van der Waals surface area contributed by atoms with Gasteiger partial charge in [0.1, 0.15) is 0 Å². The highest BCUT2D eigenvalue weighted by molar-refractivity contribution is 6.14. The van der Waals surface area contributed by atoms with Crippen molar-refractivity contribution in [2.24, 2.45) is 0 Å². The predicted octanol–water partition coefficient (Wildman–Crippen LogP) is 11.1. The number of benzene rings is 7. The number of aromatic nitrogens is 2. The van der Waals surface area contributed by atoms with Gasteiger partial charge in [0.2, 0.25) is 0 Å². The van der Waals surface area contributed by atoms with Crippen molar-refractivity contribution in [2.75, 3.05) is 0 Å². The Morgan fingerprint density at radius 3 is 1.25 bits per heavy atom. The molecule has 0 aliphatic heterocycles. The SMILES string of the molecule is O=C1c2ccccc2C(c2ccccc2)(c2ccc(-c3ccc(-c4nc(-c5ccccc5)cc(-c5ccccc5)n4)cc3)cc2)c2ccccc21. The third-order valence-corrected chi connectivity index (χ3v) is 10.0. The van der Waals surface area contributed by atoms with Crippen molar-refractivity contribution in [3.05, 3.63) is 228 Å². The summed E-state index contributed by atoms with van der Waals surface area (Å²) >= 11 is 0. The molecule has 8 aromatic rings. The van der Waals surface area contributed by atoms with Crippen LogP contribution in [0.1, 0.15) is 38.2 Å². The van der Waals surface area contributed by atoms with E-state index in [0.29, 0.717) is 5.82 Å². The fraction of sp³-hybridized carbons (Fsp3) is 0.0208. The van der Waals surface area contributed by atoms with E-state index in [2.05, 4.69) is 115 Å². The molecule has 0 fully saturated rings. The van der Waals surface area contributed by atoms with Gasteiger partial charge in [0, 0.05) is 27.8 Å². The molecule has 0 radical (unpaired) electrons. The Bertz CT molecular complexity index is 2400. The number of rotatable bonds is 6. The number of carbonyl (C=O) groups excluding carboxylic acids is 1. The van der Waals surface area contributed by atoms with E-state index in [9.17, 15) is 4.79 Å². The van der Waals surface area contributed by atoms with Crippen molar-refractivity contribution in [1.29, 1.82) is 0 Å². The standard InChI is InChI=1S/C48H32N2O/c51-46-40-20-10-12-22-42(40)48(38-18-8-3-9-19-38,43-23-13-11-21-41(43)46)39-30-28-34(29-31-39)33-24-26-37(27-25-33)47-49-44(35-14-4-1-5-15-35)32-45(50-47)36-16-6-2-7-17-36/h1-32H. The zero-order valence-electron chi connectivity index (χ0n) is 27.8. The topological polar surface area (TPSA) is 42.9 Å². The van der Waals surface area contributed by atoms with Gasteiger partial charge in [0.25, 0.3) is 0 Å². The molecular formula is C48H32N2O. The van der Waals surface area contributed by atoms with Gasteiger partial charge in [0.05, 0.1) is 16.8 Å². The lowest BCUT2D eigenvalue weighted by Gasteiger charge is -2.41. The lowest BCUT2D eigenvalue weighted by molar-refractivity contribution is 0.103. The monoisotopic (exact) mass is 652 g/mol. The fourth-order valence-corrected chi connectivity index (χ4v) is 7.60. The lowest BCUT2D eigenvalue weighted by atomic mass is 9.59. The van der Waals surface area contributed by atoms with Crippen LogP contribution < -0.4 is 0 Å². The van der Waals surface area contributed by atoms with E-state index in [1.54, 1.807) is 0 Å². The molecule has 51 heavy (non-hydrogen) atoms. The minimum atomic E-state index is -0.650. The summed E-state index contributed by atoms with van der Waals surface area (Å²) in [5, 5.41) is 0. The molecule has 0 atom stereocenters. The van der Waals surface area contributed by atoms with E-state index in [4.69, 9.17) is 9.97 Å². The van der Waals surface area contributed by atoms with E-state index < -0.39 is 5.41 Å². The first-order chi connectivity index (χ1) is 25.2. The van der Waals surface area contributed by atoms with Crippen LogP contribution in [0.15, 0.2) is 194 Å². The van der Waals surface area contributed by atoms with Crippen LogP contribution in [0.4, 0.5) is 0 Å². The Morgan fingerprint density at radius 2 is 0.745 bits per heavy atom. The van der Waals surface area contributed by atoms with Gasteiger partial charge in [-0.3, -0.25) is 4.79 Å². The van der Waals surface area contributed by atoms with E-state index in [-0.39, 0.29) is 5.78 Å². The van der Waals surface area contributed by atoms with Gasteiger partial charge < -0.3 is 0 Å². The second-order valence-electron chi connectivity index (χ2n) is 12.9. The molecule has 0 N–H and O–H groups in total. The van der Waals surface area contributed by atoms with Crippen molar-refractivity contribution < 1.29 is 4.79 Å². The molecule has 7 aromatic carbocycles. The first kappa shape index (κ1) is 30.4. The average molecular weight is 653 g/mol. The van der Waals surface area contributed by atoms with Crippen LogP contribution in [0.2, 0.25) is 0 Å². The highest BCUT2D eigenvalue weighted by atomic mass is 16.1. The van der Waals surface area contributed by atoms with Gasteiger partial charge in [-0.05, 0) is 39.4 Å². The molecule has 1 heterocycles. The molecule has 0 amide bonds. The summed E-state index contributed by atoms with van der Waals surface area (Å²) in [6.45, 7) is 0. The van der Waals surface area contributed by atoms with Gasteiger partial charge in [-0.25, -0.2) is 9.97 Å². The van der Waals surface area contributed by atoms with Crippen molar-refractivity contribution in [3.63, 3.8) is 0 Å². The highest BCUT2D eigenvalue weighted by Crippen LogP contribution is 2.51. The van der Waals surface area contributed by atoms with E-state index >= 15 is 0 Å². The van der Waals surface area contributed by atoms with Crippen LogP contribution in [-0.4, -0.2) is 15.8 Å². The van der Waals surface area contributed by atoms with E-state index in [0.717, 1.165) is 72.6 Å². The summed E-state index contributed by atoms with van der Waals surface area (Å²) in [7, 11) is 0. The molecular weight excluding hydrogens is 621 g/mol. The molecule has 9 rings (SSSR count). The zero-order valence-corrected chi connectivity index (χ0v) is 27.8. The maximum absolute atomic E-state index is 13.8. The molecule has 3 heteroatoms. The molecule has 240 valence electrons. The van der Waals surface area contributed by atoms with Crippen LogP contribution in [0.3, 0.4) is 0 Å². The first-order valence-electron chi connectivity index (χ1n) is 17.2. The quantitative estimate of drug-likeness (QED) is 0.180. The molecule has 0 unspecified atom stereocenters. The summed E-state index contributed by atoms with van der Waals surface area (Å²) in [6.07, 6.45) is 0. The molecule has 3 nitrogen and oxygen atoms in total. The molecule has 0 bridgehead atoms. The van der Waals surface area contributed by atoms with Crippen molar-refractivity contribution in [3.8, 4) is 45.0 Å². The number of fused-ring (bicyclic) bond motifs is 2. The Balaban J connectivity index is 1.12. The molecule has 1 aromatic heterocycles. The number of hydrogen-bond donors (Lipinski definition) is 0. The number of hydrogen-bond acceptors (Lipinski definition) is 3. The van der Waals surface area contributed by atoms with Gasteiger partial charge in [0.15, 0.2) is 11.6 Å². The van der Waals surface area contributed by atoms with E-state index in [1.807, 2.05) is 78.9 Å². The van der Waals surface area contributed by atoms with E-state index in [1.165, 1.54) is 0 Å². The summed E-state index contributed by atoms with van der Waals surface area (Å²) < 4.78 is 0. The van der Waals surface area contributed by atoms with Gasteiger partial charge >= 0.3 is 0 Å². The van der Waals surface area contributed by atoms with Crippen molar-refractivity contribution >= 4 is 5.78 Å². The molecule has 0 spiro atoms. The molecule has 0 saturated carbocycles. The first-order valence-corrected chi connectivity index (χ1v) is 17.2. The number of nitrogens with zero attached hydrogens (tertiary/aromatic N) is 2. The van der Waals surface area contributed by atoms with Gasteiger partial charge in [-0.1, -0.05) is 188 Å². The highest BCUT2D eigenvalue weighted by Gasteiger charge is 2.46. The maximum Gasteiger partial charge on any atom is 0.193 e. The van der Waals surface area contributed by atoms with Crippen molar-refractivity contribution in [2.45, 2.75) is 5.41 Å². The third kappa shape index (κ3) is 5.19. The molecule has 1 aliphatic carbocycles. The van der Waals surface area contributed by atoms with Crippen LogP contribution >= 0.6 is 0 Å². The Labute approximate surface area is 297 Å². The minimum Gasteiger partial charge on any atom is -0.289 e. The minimum absolute atomic E-state index is 0.0682. The maximum atomic E-state index is 13.8. The van der Waals surface area contributed by atoms with Gasteiger partial charge in [-0.2, -0.15) is 0 Å². The Morgan fingerprint density at radius 1 is 0.353 bits per heavy atom. The van der Waals surface area contributed by atoms with Crippen LogP contribution in [0, 0.1) is 0 Å². The van der Waals surface area contributed by atoms with Crippen LogP contribution in [0.25, 0.3) is 45.0 Å². The van der Waals surface area contributed by atoms with Crippen LogP contribution in [-0.2, 0) is 5.41 Å². The average Bonchev–Trinajstić information content (AvgIpc) is 3.22. The number of carbonyl (C=O) groups is 1. The third-order valence-electron chi connectivity index (χ3n) is 10.0. The smallest absolute Gasteiger partial charge is 0.193 e. The van der Waals surface area contributed by atoms with Gasteiger partial charge in [-0.15, -0.1) is 0 Å². The molecule has 1 aliphatic rings. The summed E-state index contributed by atoms with van der Waals surface area (Å²) in [5.74, 6) is 0.754. The summed E-state index contributed by atoms with van der Waals surface area (Å²) in [4.78, 5) is 23.8. The Hall–Kier alpha value is -6.71. The van der Waals surface area contributed by atoms with Crippen molar-refractivity contribution in [1.82, 2.24) is 9.97 Å². The zero-order chi connectivity index (χ0) is 34.2.